The van der Waals surface area contributed by atoms with E-state index >= 15 is 0 Å². The Hall–Kier alpha value is -2.56. The summed E-state index contributed by atoms with van der Waals surface area (Å²) < 4.78 is 0. The zero-order valence-corrected chi connectivity index (χ0v) is 11.2. The highest BCUT2D eigenvalue weighted by Gasteiger charge is 2.12. The summed E-state index contributed by atoms with van der Waals surface area (Å²) in [7, 11) is 0. The van der Waals surface area contributed by atoms with Crippen LogP contribution in [0.1, 0.15) is 34.6 Å². The highest BCUT2D eigenvalue weighted by atomic mass is 16.4. The number of nitrogens with one attached hydrogen (secondary N) is 1. The summed E-state index contributed by atoms with van der Waals surface area (Å²) in [6.45, 7) is 3.71. The van der Waals surface area contributed by atoms with Crippen LogP contribution < -0.4 is 5.32 Å². The number of carboxylic acids is 1. The average molecular weight is 273 g/mol. The zero-order valence-electron chi connectivity index (χ0n) is 11.2. The van der Waals surface area contributed by atoms with Crippen molar-refractivity contribution in [3.05, 3.63) is 41.5 Å². The van der Waals surface area contributed by atoms with Crippen LogP contribution >= 0.6 is 0 Å². The van der Waals surface area contributed by atoms with Crippen molar-refractivity contribution in [3.63, 3.8) is 0 Å². The number of phenols is 1. The highest BCUT2D eigenvalue weighted by Crippen LogP contribution is 2.27. The van der Waals surface area contributed by atoms with Crippen LogP contribution in [0.5, 0.6) is 5.75 Å². The number of phenolic OH excluding ortho intramolecular Hbond substituents is 1. The second kappa shape index (κ2) is 5.21. The normalized spacial score (nSPS) is 10.8. The third-order valence-electron chi connectivity index (χ3n) is 2.86. The molecule has 0 aliphatic rings. The van der Waals surface area contributed by atoms with Gasteiger partial charge in [-0.05, 0) is 49.6 Å². The molecule has 0 bridgehead atoms. The van der Waals surface area contributed by atoms with E-state index in [-0.39, 0.29) is 23.3 Å². The first-order chi connectivity index (χ1) is 9.38. The molecule has 0 saturated heterocycles. The highest BCUT2D eigenvalue weighted by molar-refractivity contribution is 6.02. The van der Waals surface area contributed by atoms with Gasteiger partial charge in [0.05, 0.1) is 5.56 Å². The number of amides is 1. The fraction of sp³-hybridized carbons (Fsp3) is 0.200. The molecule has 2 aromatic carbocycles. The van der Waals surface area contributed by atoms with Gasteiger partial charge in [0.1, 0.15) is 5.75 Å². The first-order valence-electron chi connectivity index (χ1n) is 6.19. The fourth-order valence-corrected chi connectivity index (χ4v) is 1.96. The lowest BCUT2D eigenvalue weighted by molar-refractivity contribution is 0.0696. The molecule has 5 heteroatoms. The number of aromatic carboxylic acids is 1. The van der Waals surface area contributed by atoms with Gasteiger partial charge < -0.3 is 15.5 Å². The standard InChI is InChI=1S/C15H15NO4/c1-8(2)16-14(18)9-3-4-12-10(5-9)6-11(15(19)20)7-13(12)17/h3-8,17H,1-2H3,(H,16,18)(H,19,20). The van der Waals surface area contributed by atoms with Gasteiger partial charge in [0.2, 0.25) is 0 Å². The van der Waals surface area contributed by atoms with Crippen molar-refractivity contribution in [2.45, 2.75) is 19.9 Å². The molecule has 0 spiro atoms. The molecule has 0 fully saturated rings. The van der Waals surface area contributed by atoms with Gasteiger partial charge in [0, 0.05) is 17.0 Å². The van der Waals surface area contributed by atoms with E-state index in [1.54, 1.807) is 18.2 Å². The largest absolute Gasteiger partial charge is 0.507 e. The van der Waals surface area contributed by atoms with Gasteiger partial charge in [-0.15, -0.1) is 0 Å². The Bertz CT molecular complexity index is 692. The lowest BCUT2D eigenvalue weighted by atomic mass is 10.0. The quantitative estimate of drug-likeness (QED) is 0.801. The molecule has 0 aliphatic carbocycles. The average Bonchev–Trinajstić information content (AvgIpc) is 2.37. The fourth-order valence-electron chi connectivity index (χ4n) is 1.96. The van der Waals surface area contributed by atoms with Crippen LogP contribution in [0.2, 0.25) is 0 Å². The van der Waals surface area contributed by atoms with Gasteiger partial charge in [0.25, 0.3) is 5.91 Å². The molecule has 0 heterocycles. The van der Waals surface area contributed by atoms with Crippen LogP contribution in [0.3, 0.4) is 0 Å². The van der Waals surface area contributed by atoms with Gasteiger partial charge in [-0.1, -0.05) is 0 Å². The molecule has 0 aliphatic heterocycles. The number of aromatic hydroxyl groups is 1. The monoisotopic (exact) mass is 273 g/mol. The molecule has 2 aromatic rings. The SMILES string of the molecule is CC(C)NC(=O)c1ccc2c(O)cc(C(=O)O)cc2c1. The van der Waals surface area contributed by atoms with E-state index in [1.165, 1.54) is 12.1 Å². The lowest BCUT2D eigenvalue weighted by Crippen LogP contribution is -2.29. The topological polar surface area (TPSA) is 86.6 Å². The van der Waals surface area contributed by atoms with E-state index < -0.39 is 5.97 Å². The predicted octanol–water partition coefficient (Wildman–Crippen LogP) is 2.38. The van der Waals surface area contributed by atoms with E-state index in [4.69, 9.17) is 5.11 Å². The van der Waals surface area contributed by atoms with Crippen LogP contribution in [0.4, 0.5) is 0 Å². The Morgan fingerprint density at radius 3 is 2.35 bits per heavy atom. The van der Waals surface area contributed by atoms with E-state index in [0.717, 1.165) is 0 Å². The Labute approximate surface area is 115 Å². The minimum absolute atomic E-state index is 0.0111. The van der Waals surface area contributed by atoms with Crippen LogP contribution in [-0.2, 0) is 0 Å². The van der Waals surface area contributed by atoms with Crippen LogP contribution in [0.25, 0.3) is 10.8 Å². The Morgan fingerprint density at radius 2 is 1.75 bits per heavy atom. The molecule has 0 aromatic heterocycles. The lowest BCUT2D eigenvalue weighted by Gasteiger charge is -2.10. The summed E-state index contributed by atoms with van der Waals surface area (Å²) in [6.07, 6.45) is 0. The van der Waals surface area contributed by atoms with Gasteiger partial charge in [0.15, 0.2) is 0 Å². The molecule has 3 N–H and O–H groups in total. The summed E-state index contributed by atoms with van der Waals surface area (Å²) in [5.41, 5.74) is 0.407. The first kappa shape index (κ1) is 13.9. The zero-order chi connectivity index (χ0) is 14.9. The summed E-state index contributed by atoms with van der Waals surface area (Å²) >= 11 is 0. The van der Waals surface area contributed by atoms with E-state index in [2.05, 4.69) is 5.32 Å². The minimum atomic E-state index is -1.13. The van der Waals surface area contributed by atoms with Crippen molar-refractivity contribution in [1.82, 2.24) is 5.32 Å². The third-order valence-corrected chi connectivity index (χ3v) is 2.86. The van der Waals surface area contributed by atoms with Crippen molar-refractivity contribution in [3.8, 4) is 5.75 Å². The summed E-state index contributed by atoms with van der Waals surface area (Å²) in [5, 5.41) is 22.6. The van der Waals surface area contributed by atoms with Crippen molar-refractivity contribution in [2.75, 3.05) is 0 Å². The van der Waals surface area contributed by atoms with Crippen LogP contribution in [0.15, 0.2) is 30.3 Å². The third kappa shape index (κ3) is 2.71. The number of carbonyl (C=O) groups is 2. The molecule has 5 nitrogen and oxygen atoms in total. The maximum atomic E-state index is 11.9. The summed E-state index contributed by atoms with van der Waals surface area (Å²) in [4.78, 5) is 22.9. The maximum absolute atomic E-state index is 11.9. The minimum Gasteiger partial charge on any atom is -0.507 e. The number of carboxylic acid groups (broad SMARTS) is 1. The smallest absolute Gasteiger partial charge is 0.335 e. The second-order valence-electron chi connectivity index (χ2n) is 4.86. The second-order valence-corrected chi connectivity index (χ2v) is 4.86. The van der Waals surface area contributed by atoms with E-state index in [9.17, 15) is 14.7 Å². The molecule has 0 radical (unpaired) electrons. The summed E-state index contributed by atoms with van der Waals surface area (Å²) in [6, 6.07) is 7.41. The molecule has 0 atom stereocenters. The van der Waals surface area contributed by atoms with Crippen LogP contribution in [-0.4, -0.2) is 28.1 Å². The number of hydrogen-bond donors (Lipinski definition) is 3. The molecule has 2 rings (SSSR count). The summed E-state index contributed by atoms with van der Waals surface area (Å²) in [5.74, 6) is -1.47. The van der Waals surface area contributed by atoms with Crippen molar-refractivity contribution in [1.29, 1.82) is 0 Å². The molecular weight excluding hydrogens is 258 g/mol. The molecule has 104 valence electrons. The Balaban J connectivity index is 2.52. The van der Waals surface area contributed by atoms with Gasteiger partial charge >= 0.3 is 5.97 Å². The number of fused-ring (bicyclic) bond motifs is 1. The molecular formula is C15H15NO4. The first-order valence-corrected chi connectivity index (χ1v) is 6.19. The van der Waals surface area contributed by atoms with Crippen molar-refractivity contribution in [2.24, 2.45) is 0 Å². The van der Waals surface area contributed by atoms with Crippen LogP contribution in [0, 0.1) is 0 Å². The molecule has 0 saturated carbocycles. The molecule has 20 heavy (non-hydrogen) atoms. The van der Waals surface area contributed by atoms with E-state index in [1.807, 2.05) is 13.8 Å². The molecule has 0 unspecified atom stereocenters. The Kier molecular flexibility index (Phi) is 3.61. The van der Waals surface area contributed by atoms with Gasteiger partial charge in [-0.3, -0.25) is 4.79 Å². The number of benzene rings is 2. The van der Waals surface area contributed by atoms with E-state index in [0.29, 0.717) is 16.3 Å². The maximum Gasteiger partial charge on any atom is 0.335 e. The van der Waals surface area contributed by atoms with Gasteiger partial charge in [-0.2, -0.15) is 0 Å². The number of carbonyl (C=O) groups excluding carboxylic acids is 1. The van der Waals surface area contributed by atoms with Crippen molar-refractivity contribution < 1.29 is 19.8 Å². The Morgan fingerprint density at radius 1 is 1.10 bits per heavy atom. The van der Waals surface area contributed by atoms with Gasteiger partial charge in [-0.25, -0.2) is 4.79 Å². The molecule has 1 amide bonds. The van der Waals surface area contributed by atoms with Crippen molar-refractivity contribution >= 4 is 22.6 Å². The number of hydrogen-bond acceptors (Lipinski definition) is 3. The predicted molar refractivity (Wildman–Crippen MR) is 75.2 cm³/mol. The number of rotatable bonds is 3.